The van der Waals surface area contributed by atoms with Gasteiger partial charge in [-0.15, -0.1) is 0 Å². The van der Waals surface area contributed by atoms with E-state index in [2.05, 4.69) is 0 Å². The highest BCUT2D eigenvalue weighted by Crippen LogP contribution is 2.51. The van der Waals surface area contributed by atoms with Gasteiger partial charge in [-0.25, -0.2) is 4.79 Å². The number of phenols is 1. The van der Waals surface area contributed by atoms with Gasteiger partial charge in [-0.1, -0.05) is 47.5 Å². The molecule has 0 fully saturated rings. The van der Waals surface area contributed by atoms with E-state index in [0.29, 0.717) is 22.6 Å². The zero-order valence-electron chi connectivity index (χ0n) is 13.8. The van der Waals surface area contributed by atoms with Crippen LogP contribution in [0.1, 0.15) is 27.4 Å². The van der Waals surface area contributed by atoms with Gasteiger partial charge in [0.2, 0.25) is 0 Å². The molecule has 138 valence electrons. The lowest BCUT2D eigenvalue weighted by atomic mass is 9.74. The van der Waals surface area contributed by atoms with E-state index in [1.54, 1.807) is 30.3 Å². The molecule has 2 aromatic carbocycles. The van der Waals surface area contributed by atoms with Crippen LogP contribution in [0.3, 0.4) is 0 Å². The summed E-state index contributed by atoms with van der Waals surface area (Å²) in [7, 11) is 0. The Morgan fingerprint density at radius 1 is 1.07 bits per heavy atom. The molecule has 0 bridgehead atoms. The average molecular weight is 405 g/mol. The number of aliphatic hydroxyl groups excluding tert-OH is 1. The fourth-order valence-corrected chi connectivity index (χ4v) is 3.97. The van der Waals surface area contributed by atoms with Crippen LogP contribution in [0.2, 0.25) is 5.02 Å². The number of aromatic carboxylic acids is 1. The molecule has 4 rings (SSSR count). The minimum atomic E-state index is -1.06. The van der Waals surface area contributed by atoms with Crippen LogP contribution in [-0.2, 0) is 0 Å². The first-order valence-electron chi connectivity index (χ1n) is 8.16. The lowest BCUT2D eigenvalue weighted by Crippen LogP contribution is -2.29. The lowest BCUT2D eigenvalue weighted by Gasteiger charge is -2.37. The lowest BCUT2D eigenvalue weighted by molar-refractivity contribution is 0.0694. The Labute approximate surface area is 164 Å². The number of carboxylic acids is 1. The predicted octanol–water partition coefficient (Wildman–Crippen LogP) is 4.27. The Kier molecular flexibility index (Phi) is 4.38. The number of aliphatic hydroxyl groups is 1. The number of rotatable bonds is 2. The van der Waals surface area contributed by atoms with Crippen LogP contribution < -0.4 is 4.74 Å². The molecule has 7 heteroatoms. The quantitative estimate of drug-likeness (QED) is 0.695. The smallest absolute Gasteiger partial charge is 0.335 e. The standard InChI is InChI=1S/C20H14Cl2O5/c21-13-5-11-17(7-15(13)23)27-18-8-16(24)14(22)6-12(18)19(11)9-3-1-2-4-10(9)20(25)26/h1-8,11,15,19,23-24H,(H,25,26). The molecule has 0 radical (unpaired) electrons. The molecule has 3 N–H and O–H groups in total. The second kappa shape index (κ2) is 6.60. The first-order chi connectivity index (χ1) is 12.9. The monoisotopic (exact) mass is 404 g/mol. The topological polar surface area (TPSA) is 87.0 Å². The van der Waals surface area contributed by atoms with Gasteiger partial charge in [0.05, 0.1) is 10.6 Å². The van der Waals surface area contributed by atoms with Gasteiger partial charge in [-0.3, -0.25) is 0 Å². The summed E-state index contributed by atoms with van der Waals surface area (Å²) in [6.45, 7) is 0. The third-order valence-electron chi connectivity index (χ3n) is 4.80. The van der Waals surface area contributed by atoms with E-state index in [4.69, 9.17) is 27.9 Å². The maximum absolute atomic E-state index is 11.8. The summed E-state index contributed by atoms with van der Waals surface area (Å²) >= 11 is 12.3. The molecule has 1 aliphatic heterocycles. The molecular weight excluding hydrogens is 391 g/mol. The van der Waals surface area contributed by atoms with E-state index in [1.807, 2.05) is 0 Å². The SMILES string of the molecule is O=C(O)c1ccccc1C1c2cc(Cl)c(O)cc2OC2=CC(O)C(Cl)=CC21. The molecule has 0 saturated heterocycles. The third kappa shape index (κ3) is 2.98. The number of carbonyl (C=O) groups is 1. The molecule has 0 aromatic heterocycles. The van der Waals surface area contributed by atoms with Crippen LogP contribution in [-0.4, -0.2) is 27.4 Å². The number of phenolic OH excluding ortho intramolecular Hbond substituents is 1. The molecule has 3 unspecified atom stereocenters. The van der Waals surface area contributed by atoms with E-state index in [-0.39, 0.29) is 21.4 Å². The van der Waals surface area contributed by atoms with Crippen LogP contribution in [0.15, 0.2) is 59.3 Å². The predicted molar refractivity (Wildman–Crippen MR) is 101 cm³/mol. The fraction of sp³-hybridized carbons (Fsp3) is 0.150. The van der Waals surface area contributed by atoms with Crippen molar-refractivity contribution < 1.29 is 24.9 Å². The second-order valence-electron chi connectivity index (χ2n) is 6.40. The Balaban J connectivity index is 1.99. The molecular formula is C20H14Cl2O5. The second-order valence-corrected chi connectivity index (χ2v) is 7.25. The Hall–Kier alpha value is -2.47. The summed E-state index contributed by atoms with van der Waals surface area (Å²) < 4.78 is 5.87. The maximum atomic E-state index is 11.8. The van der Waals surface area contributed by atoms with E-state index < -0.39 is 23.9 Å². The first-order valence-corrected chi connectivity index (χ1v) is 8.92. The minimum Gasteiger partial charge on any atom is -0.506 e. The van der Waals surface area contributed by atoms with Crippen molar-refractivity contribution in [2.75, 3.05) is 0 Å². The van der Waals surface area contributed by atoms with E-state index in [0.717, 1.165) is 0 Å². The number of fused-ring (bicyclic) bond motifs is 2. The maximum Gasteiger partial charge on any atom is 0.335 e. The Bertz CT molecular complexity index is 1010. The molecule has 5 nitrogen and oxygen atoms in total. The molecule has 0 amide bonds. The summed E-state index contributed by atoms with van der Waals surface area (Å²) in [5.74, 6) is -1.31. The Morgan fingerprint density at radius 2 is 1.81 bits per heavy atom. The van der Waals surface area contributed by atoms with E-state index in [1.165, 1.54) is 18.2 Å². The largest absolute Gasteiger partial charge is 0.506 e. The molecule has 0 spiro atoms. The molecule has 27 heavy (non-hydrogen) atoms. The summed E-state index contributed by atoms with van der Waals surface area (Å²) in [5.41, 5.74) is 1.34. The number of ether oxygens (including phenoxy) is 1. The summed E-state index contributed by atoms with van der Waals surface area (Å²) in [6, 6.07) is 9.62. The van der Waals surface area contributed by atoms with Gasteiger partial charge in [-0.05, 0) is 23.8 Å². The zero-order chi connectivity index (χ0) is 19.3. The van der Waals surface area contributed by atoms with E-state index >= 15 is 0 Å². The van der Waals surface area contributed by atoms with Crippen molar-refractivity contribution in [2.24, 2.45) is 5.92 Å². The van der Waals surface area contributed by atoms with Crippen LogP contribution in [0.4, 0.5) is 0 Å². The molecule has 3 atom stereocenters. The Morgan fingerprint density at radius 3 is 2.56 bits per heavy atom. The summed E-state index contributed by atoms with van der Waals surface area (Å²) in [5, 5.41) is 30.0. The fourth-order valence-electron chi connectivity index (χ4n) is 3.59. The highest BCUT2D eigenvalue weighted by molar-refractivity contribution is 6.32. The van der Waals surface area contributed by atoms with Crippen molar-refractivity contribution >= 4 is 29.2 Å². The van der Waals surface area contributed by atoms with Crippen LogP contribution in [0.25, 0.3) is 0 Å². The van der Waals surface area contributed by atoms with Crippen molar-refractivity contribution in [1.29, 1.82) is 0 Å². The minimum absolute atomic E-state index is 0.133. The van der Waals surface area contributed by atoms with Crippen LogP contribution >= 0.6 is 23.2 Å². The highest BCUT2D eigenvalue weighted by atomic mass is 35.5. The average Bonchev–Trinajstić information content (AvgIpc) is 2.63. The molecule has 2 aromatic rings. The number of allylic oxidation sites excluding steroid dienone is 1. The van der Waals surface area contributed by atoms with Gasteiger partial charge in [0, 0.05) is 28.5 Å². The van der Waals surface area contributed by atoms with Gasteiger partial charge in [0.15, 0.2) is 0 Å². The van der Waals surface area contributed by atoms with Crippen molar-refractivity contribution in [3.63, 3.8) is 0 Å². The normalized spacial score (nSPS) is 23.4. The zero-order valence-corrected chi connectivity index (χ0v) is 15.3. The molecule has 2 aliphatic rings. The summed E-state index contributed by atoms with van der Waals surface area (Å²) in [4.78, 5) is 11.8. The number of carboxylic acid groups (broad SMARTS) is 1. The van der Waals surface area contributed by atoms with E-state index in [9.17, 15) is 20.1 Å². The number of hydrogen-bond acceptors (Lipinski definition) is 4. The van der Waals surface area contributed by atoms with Gasteiger partial charge < -0.3 is 20.1 Å². The van der Waals surface area contributed by atoms with Gasteiger partial charge >= 0.3 is 5.97 Å². The summed E-state index contributed by atoms with van der Waals surface area (Å²) in [6.07, 6.45) is 2.14. The van der Waals surface area contributed by atoms with Gasteiger partial charge in [0.25, 0.3) is 0 Å². The van der Waals surface area contributed by atoms with Gasteiger partial charge in [-0.2, -0.15) is 0 Å². The number of aromatic hydroxyl groups is 1. The van der Waals surface area contributed by atoms with Gasteiger partial charge in [0.1, 0.15) is 23.4 Å². The molecule has 1 aliphatic carbocycles. The highest BCUT2D eigenvalue weighted by Gasteiger charge is 2.39. The van der Waals surface area contributed by atoms with Crippen molar-refractivity contribution in [3.05, 3.63) is 81.1 Å². The molecule has 0 saturated carbocycles. The van der Waals surface area contributed by atoms with Crippen molar-refractivity contribution in [2.45, 2.75) is 12.0 Å². The van der Waals surface area contributed by atoms with Crippen LogP contribution in [0.5, 0.6) is 11.5 Å². The molecule has 1 heterocycles. The van der Waals surface area contributed by atoms with Crippen molar-refractivity contribution in [1.82, 2.24) is 0 Å². The number of halogens is 2. The van der Waals surface area contributed by atoms with Crippen LogP contribution in [0, 0.1) is 5.92 Å². The number of hydrogen-bond donors (Lipinski definition) is 3. The first kappa shape index (κ1) is 17.9. The third-order valence-corrected chi connectivity index (χ3v) is 5.45. The van der Waals surface area contributed by atoms with Crippen molar-refractivity contribution in [3.8, 4) is 11.5 Å². The number of benzene rings is 2.